The van der Waals surface area contributed by atoms with E-state index in [-0.39, 0.29) is 17.8 Å². The number of nitrogens with two attached hydrogens (primary N) is 1. The molecular weight excluding hydrogens is 493 g/mol. The molecule has 0 aliphatic carbocycles. The first-order chi connectivity index (χ1) is 17.3. The van der Waals surface area contributed by atoms with Gasteiger partial charge in [0.2, 0.25) is 14.2 Å². The topological polar surface area (TPSA) is 131 Å². The van der Waals surface area contributed by atoms with Crippen molar-refractivity contribution in [3.63, 3.8) is 0 Å². The number of hydrogen-bond donors (Lipinski definition) is 4. The monoisotopic (exact) mass is 531 g/mol. The van der Waals surface area contributed by atoms with E-state index in [9.17, 15) is 18.8 Å². The number of carbonyl (C=O) groups is 3. The molecule has 3 amide bonds. The van der Waals surface area contributed by atoms with Gasteiger partial charge < -0.3 is 25.9 Å². The number of benzene rings is 2. The Kier molecular flexibility index (Phi) is 10.4. The van der Waals surface area contributed by atoms with E-state index < -0.39 is 38.0 Å². The molecule has 1 atom stereocenters. The first-order valence-electron chi connectivity index (χ1n) is 12.4. The quantitative estimate of drug-likeness (QED) is 0.265. The highest BCUT2D eigenvalue weighted by molar-refractivity contribution is 6.77. The van der Waals surface area contributed by atoms with Crippen LogP contribution in [0.25, 0.3) is 0 Å². The minimum Gasteiger partial charge on any atom is -0.465 e. The van der Waals surface area contributed by atoms with Gasteiger partial charge in [0.05, 0.1) is 18.1 Å². The van der Waals surface area contributed by atoms with Gasteiger partial charge in [0, 0.05) is 12.2 Å². The second-order valence-electron chi connectivity index (χ2n) is 10.1. The molecule has 0 aromatic heterocycles. The van der Waals surface area contributed by atoms with Crippen molar-refractivity contribution in [3.8, 4) is 0 Å². The number of amides is 3. The highest BCUT2D eigenvalue weighted by Crippen LogP contribution is 2.42. The third-order valence-electron chi connectivity index (χ3n) is 6.85. The van der Waals surface area contributed by atoms with Crippen LogP contribution in [0.1, 0.15) is 68.9 Å². The third kappa shape index (κ3) is 7.39. The van der Waals surface area contributed by atoms with E-state index in [1.54, 1.807) is 12.1 Å². The lowest BCUT2D eigenvalue weighted by Gasteiger charge is -2.42. The van der Waals surface area contributed by atoms with E-state index in [2.05, 4.69) is 52.2 Å². The summed E-state index contributed by atoms with van der Waals surface area (Å²) in [5.41, 5.74) is 7.84. The first-order valence-corrected chi connectivity index (χ1v) is 14.5. The van der Waals surface area contributed by atoms with Crippen molar-refractivity contribution in [2.24, 2.45) is 5.73 Å². The van der Waals surface area contributed by atoms with Crippen LogP contribution in [-0.2, 0) is 15.8 Å². The second-order valence-corrected chi connectivity index (χ2v) is 15.6. The number of hydrogen-bond acceptors (Lipinski definition) is 4. The lowest BCUT2D eigenvalue weighted by molar-refractivity contribution is -0.117. The summed E-state index contributed by atoms with van der Waals surface area (Å²) in [6, 6.07) is 10.8. The Bertz CT molecular complexity index is 1080. The standard InChI is InChI=1S/C27H38FN3O5Si/c1-16(2)37(17(3)4,18(5)6)36-15-19-7-9-20(10-8-19)23(14-30-27(34)35)26(33)31-21-11-12-22(25(29)32)24(28)13-21/h7-13,16-18,23,30H,14-15H2,1-6H3,(H2,29,32)(H,31,33)(H,34,35). The van der Waals surface area contributed by atoms with Gasteiger partial charge in [-0.3, -0.25) is 9.59 Å². The van der Waals surface area contributed by atoms with Crippen LogP contribution in [0.15, 0.2) is 42.5 Å². The lowest BCUT2D eigenvalue weighted by atomic mass is 9.96. The third-order valence-corrected chi connectivity index (χ3v) is 12.9. The normalized spacial score (nSPS) is 12.6. The maximum Gasteiger partial charge on any atom is 0.404 e. The molecule has 0 saturated carbocycles. The number of anilines is 1. The average Bonchev–Trinajstić information content (AvgIpc) is 2.79. The molecule has 5 N–H and O–H groups in total. The van der Waals surface area contributed by atoms with Gasteiger partial charge in [0.15, 0.2) is 0 Å². The minimum absolute atomic E-state index is 0.121. The second kappa shape index (κ2) is 12.8. The van der Waals surface area contributed by atoms with Crippen LogP contribution in [0.4, 0.5) is 14.9 Å². The summed E-state index contributed by atoms with van der Waals surface area (Å²) in [5.74, 6) is -3.19. The summed E-state index contributed by atoms with van der Waals surface area (Å²) in [6.07, 6.45) is -1.27. The number of primary amides is 1. The van der Waals surface area contributed by atoms with E-state index in [1.807, 2.05) is 12.1 Å². The zero-order valence-electron chi connectivity index (χ0n) is 22.3. The van der Waals surface area contributed by atoms with E-state index in [4.69, 9.17) is 15.3 Å². The zero-order valence-corrected chi connectivity index (χ0v) is 23.3. The number of nitrogens with one attached hydrogen (secondary N) is 2. The van der Waals surface area contributed by atoms with Crippen molar-refractivity contribution < 1.29 is 28.3 Å². The maximum atomic E-state index is 14.1. The predicted molar refractivity (Wildman–Crippen MR) is 145 cm³/mol. The molecule has 0 aliphatic heterocycles. The fourth-order valence-electron chi connectivity index (χ4n) is 5.13. The Morgan fingerprint density at radius 3 is 2.00 bits per heavy atom. The average molecular weight is 532 g/mol. The molecule has 0 radical (unpaired) electrons. The molecular formula is C27H38FN3O5Si. The summed E-state index contributed by atoms with van der Waals surface area (Å²) >= 11 is 0. The van der Waals surface area contributed by atoms with E-state index in [0.717, 1.165) is 11.6 Å². The summed E-state index contributed by atoms with van der Waals surface area (Å²) in [7, 11) is -2.05. The summed E-state index contributed by atoms with van der Waals surface area (Å²) in [4.78, 5) is 35.4. The number of halogens is 1. The van der Waals surface area contributed by atoms with Crippen molar-refractivity contribution in [1.82, 2.24) is 5.32 Å². The molecule has 37 heavy (non-hydrogen) atoms. The summed E-state index contributed by atoms with van der Waals surface area (Å²) < 4.78 is 20.8. The van der Waals surface area contributed by atoms with Crippen molar-refractivity contribution in [1.29, 1.82) is 0 Å². The van der Waals surface area contributed by atoms with Gasteiger partial charge in [0.25, 0.3) is 5.91 Å². The van der Waals surface area contributed by atoms with Gasteiger partial charge in [0.1, 0.15) is 5.82 Å². The first kappa shape index (κ1) is 30.0. The van der Waals surface area contributed by atoms with Gasteiger partial charge in [-0.15, -0.1) is 0 Å². The van der Waals surface area contributed by atoms with Crippen LogP contribution in [0.5, 0.6) is 0 Å². The highest BCUT2D eigenvalue weighted by atomic mass is 28.4. The summed E-state index contributed by atoms with van der Waals surface area (Å²) in [6.45, 7) is 13.6. The largest absolute Gasteiger partial charge is 0.465 e. The molecule has 0 heterocycles. The van der Waals surface area contributed by atoms with Crippen LogP contribution in [0.2, 0.25) is 16.6 Å². The Morgan fingerprint density at radius 2 is 1.54 bits per heavy atom. The molecule has 202 valence electrons. The van der Waals surface area contributed by atoms with Crippen LogP contribution >= 0.6 is 0 Å². The van der Waals surface area contributed by atoms with Crippen molar-refractivity contribution in [2.75, 3.05) is 11.9 Å². The number of carbonyl (C=O) groups excluding carboxylic acids is 2. The molecule has 2 aromatic carbocycles. The van der Waals surface area contributed by atoms with Gasteiger partial charge in [-0.25, -0.2) is 9.18 Å². The molecule has 0 bridgehead atoms. The SMILES string of the molecule is CC(C)[Si](OCc1ccc(C(CNC(=O)O)C(=O)Nc2ccc(C(N)=O)c(F)c2)cc1)(C(C)C)C(C)C. The molecule has 2 rings (SSSR count). The van der Waals surface area contributed by atoms with E-state index in [0.29, 0.717) is 28.8 Å². The number of rotatable bonds is 12. The number of carboxylic acid groups (broad SMARTS) is 1. The minimum atomic E-state index is -2.05. The van der Waals surface area contributed by atoms with Crippen LogP contribution < -0.4 is 16.4 Å². The van der Waals surface area contributed by atoms with Gasteiger partial charge in [-0.1, -0.05) is 65.8 Å². The summed E-state index contributed by atoms with van der Waals surface area (Å²) in [5, 5.41) is 13.9. The predicted octanol–water partition coefficient (Wildman–Crippen LogP) is 5.61. The van der Waals surface area contributed by atoms with Crippen molar-refractivity contribution in [3.05, 3.63) is 65.0 Å². The van der Waals surface area contributed by atoms with Crippen LogP contribution in [-0.4, -0.2) is 37.9 Å². The smallest absolute Gasteiger partial charge is 0.404 e. The van der Waals surface area contributed by atoms with Gasteiger partial charge >= 0.3 is 6.09 Å². The Morgan fingerprint density at radius 1 is 0.973 bits per heavy atom. The zero-order chi connectivity index (χ0) is 27.9. The van der Waals surface area contributed by atoms with Gasteiger partial charge in [-0.05, 0) is 45.9 Å². The Labute approximate surface area is 218 Å². The van der Waals surface area contributed by atoms with Crippen LogP contribution in [0.3, 0.4) is 0 Å². The van der Waals surface area contributed by atoms with Crippen LogP contribution in [0, 0.1) is 5.82 Å². The Balaban J connectivity index is 2.23. The molecule has 0 saturated heterocycles. The fraction of sp³-hybridized carbons (Fsp3) is 0.444. The van der Waals surface area contributed by atoms with E-state index >= 15 is 0 Å². The maximum absolute atomic E-state index is 14.1. The highest BCUT2D eigenvalue weighted by Gasteiger charge is 2.44. The van der Waals surface area contributed by atoms with Gasteiger partial charge in [-0.2, -0.15) is 0 Å². The molecule has 10 heteroatoms. The molecule has 0 spiro atoms. The van der Waals surface area contributed by atoms with Crippen molar-refractivity contribution in [2.45, 2.75) is 70.7 Å². The molecule has 2 aromatic rings. The molecule has 0 fully saturated rings. The Hall–Kier alpha value is -3.24. The lowest BCUT2D eigenvalue weighted by Crippen LogP contribution is -2.47. The van der Waals surface area contributed by atoms with E-state index in [1.165, 1.54) is 12.1 Å². The van der Waals surface area contributed by atoms with Crippen molar-refractivity contribution >= 4 is 31.9 Å². The molecule has 8 nitrogen and oxygen atoms in total. The fourth-order valence-corrected chi connectivity index (χ4v) is 10.5. The molecule has 1 unspecified atom stereocenters. The molecule has 0 aliphatic rings.